The molecule has 2 aromatic heterocycles. The Morgan fingerprint density at radius 1 is 1.64 bits per heavy atom. The van der Waals surface area contributed by atoms with Crippen molar-refractivity contribution < 1.29 is 0 Å². The Kier molecular flexibility index (Phi) is 1.25. The second-order valence-electron chi connectivity index (χ2n) is 2.17. The van der Waals surface area contributed by atoms with E-state index in [1.54, 1.807) is 5.51 Å². The van der Waals surface area contributed by atoms with E-state index in [0.29, 0.717) is 10.2 Å². The van der Waals surface area contributed by atoms with Crippen molar-refractivity contribution in [3.8, 4) is 0 Å². The molecule has 4 nitrogen and oxygen atoms in total. The first-order valence-electron chi connectivity index (χ1n) is 3.07. The van der Waals surface area contributed by atoms with Crippen LogP contribution in [0.2, 0.25) is 0 Å². The highest BCUT2D eigenvalue weighted by Gasteiger charge is 2.03. The normalized spacial score (nSPS) is 10.6. The summed E-state index contributed by atoms with van der Waals surface area (Å²) in [6, 6.07) is 0. The number of aryl methyl sites for hydroxylation is 1. The SMILES string of the molecule is Cc1n[nH]c(=O)c2scnc12. The number of H-pyrrole nitrogens is 1. The Labute approximate surface area is 65.9 Å². The van der Waals surface area contributed by atoms with Crippen LogP contribution in [0.5, 0.6) is 0 Å². The summed E-state index contributed by atoms with van der Waals surface area (Å²) in [5, 5.41) is 6.18. The van der Waals surface area contributed by atoms with Crippen molar-refractivity contribution in [3.63, 3.8) is 0 Å². The quantitative estimate of drug-likeness (QED) is 0.628. The monoisotopic (exact) mass is 167 g/mol. The third-order valence-corrected chi connectivity index (χ3v) is 2.27. The van der Waals surface area contributed by atoms with Crippen LogP contribution in [-0.4, -0.2) is 15.2 Å². The van der Waals surface area contributed by atoms with Crippen LogP contribution in [0, 0.1) is 6.92 Å². The van der Waals surface area contributed by atoms with Crippen molar-refractivity contribution in [3.05, 3.63) is 21.6 Å². The Balaban J connectivity index is 3.08. The number of thiazole rings is 1. The number of fused-ring (bicyclic) bond motifs is 1. The third-order valence-electron chi connectivity index (χ3n) is 1.44. The van der Waals surface area contributed by atoms with E-state index in [9.17, 15) is 4.79 Å². The Bertz CT molecular complexity index is 444. The van der Waals surface area contributed by atoms with Crippen molar-refractivity contribution in [1.82, 2.24) is 15.2 Å². The maximum atomic E-state index is 11.0. The molecule has 0 amide bonds. The largest absolute Gasteiger partial charge is 0.283 e. The van der Waals surface area contributed by atoms with Crippen molar-refractivity contribution in [2.45, 2.75) is 6.92 Å². The lowest BCUT2D eigenvalue weighted by molar-refractivity contribution is 0.968. The van der Waals surface area contributed by atoms with Crippen LogP contribution in [0.4, 0.5) is 0 Å². The Morgan fingerprint density at radius 3 is 3.18 bits per heavy atom. The average Bonchev–Trinajstić information content (AvgIpc) is 2.45. The van der Waals surface area contributed by atoms with Crippen molar-refractivity contribution in [2.24, 2.45) is 0 Å². The Morgan fingerprint density at radius 2 is 2.45 bits per heavy atom. The highest BCUT2D eigenvalue weighted by molar-refractivity contribution is 7.16. The van der Waals surface area contributed by atoms with Crippen LogP contribution in [-0.2, 0) is 0 Å². The fourth-order valence-corrected chi connectivity index (χ4v) is 1.63. The molecule has 2 rings (SSSR count). The fourth-order valence-electron chi connectivity index (χ4n) is 0.903. The number of nitrogens with one attached hydrogen (secondary N) is 1. The molecular formula is C6H5N3OS. The summed E-state index contributed by atoms with van der Waals surface area (Å²) in [5.74, 6) is 0. The van der Waals surface area contributed by atoms with Gasteiger partial charge in [0.2, 0.25) is 0 Å². The van der Waals surface area contributed by atoms with Gasteiger partial charge < -0.3 is 0 Å². The number of aromatic amines is 1. The maximum Gasteiger partial charge on any atom is 0.283 e. The van der Waals surface area contributed by atoms with Gasteiger partial charge in [0.25, 0.3) is 5.56 Å². The summed E-state index contributed by atoms with van der Waals surface area (Å²) in [6.45, 7) is 1.82. The number of hydrogen-bond donors (Lipinski definition) is 1. The molecule has 5 heteroatoms. The van der Waals surface area contributed by atoms with Gasteiger partial charge in [-0.2, -0.15) is 5.10 Å². The molecule has 2 aromatic rings. The lowest BCUT2D eigenvalue weighted by atomic mass is 10.4. The van der Waals surface area contributed by atoms with Crippen molar-refractivity contribution in [2.75, 3.05) is 0 Å². The van der Waals surface area contributed by atoms with E-state index >= 15 is 0 Å². The van der Waals surface area contributed by atoms with Crippen molar-refractivity contribution in [1.29, 1.82) is 0 Å². The maximum absolute atomic E-state index is 11.0. The fraction of sp³-hybridized carbons (Fsp3) is 0.167. The second-order valence-corrected chi connectivity index (χ2v) is 3.02. The molecule has 0 saturated heterocycles. The second kappa shape index (κ2) is 2.13. The van der Waals surface area contributed by atoms with Gasteiger partial charge in [0.1, 0.15) is 10.2 Å². The molecule has 0 aromatic carbocycles. The predicted molar refractivity (Wildman–Crippen MR) is 42.8 cm³/mol. The zero-order chi connectivity index (χ0) is 7.84. The highest BCUT2D eigenvalue weighted by atomic mass is 32.1. The molecule has 0 aliphatic rings. The van der Waals surface area contributed by atoms with Gasteiger partial charge in [0.15, 0.2) is 0 Å². The van der Waals surface area contributed by atoms with Crippen LogP contribution < -0.4 is 5.56 Å². The van der Waals surface area contributed by atoms with Crippen LogP contribution in [0.1, 0.15) is 5.69 Å². The first-order valence-corrected chi connectivity index (χ1v) is 3.95. The van der Waals surface area contributed by atoms with Crippen molar-refractivity contribution >= 4 is 21.6 Å². The minimum absolute atomic E-state index is 0.159. The van der Waals surface area contributed by atoms with E-state index < -0.39 is 0 Å². The smallest absolute Gasteiger partial charge is 0.266 e. The summed E-state index contributed by atoms with van der Waals surface area (Å²) in [4.78, 5) is 15.1. The zero-order valence-corrected chi connectivity index (χ0v) is 6.60. The lowest BCUT2D eigenvalue weighted by Crippen LogP contribution is -2.07. The summed E-state index contributed by atoms with van der Waals surface area (Å²) < 4.78 is 0.650. The molecule has 0 radical (unpaired) electrons. The van der Waals surface area contributed by atoms with E-state index in [0.717, 1.165) is 5.69 Å². The summed E-state index contributed by atoms with van der Waals surface area (Å²) in [6.07, 6.45) is 0. The van der Waals surface area contributed by atoms with E-state index in [2.05, 4.69) is 15.2 Å². The van der Waals surface area contributed by atoms with E-state index in [1.165, 1.54) is 11.3 Å². The molecule has 0 saturated carbocycles. The van der Waals surface area contributed by atoms with Gasteiger partial charge in [-0.15, -0.1) is 11.3 Å². The van der Waals surface area contributed by atoms with E-state index in [-0.39, 0.29) is 5.56 Å². The standard InChI is InChI=1S/C6H5N3OS/c1-3-4-5(11-2-7-4)6(10)9-8-3/h2H,1H3,(H,9,10). The molecule has 2 heterocycles. The van der Waals surface area contributed by atoms with Gasteiger partial charge in [-0.3, -0.25) is 4.79 Å². The van der Waals surface area contributed by atoms with Crippen LogP contribution in [0.3, 0.4) is 0 Å². The molecule has 0 spiro atoms. The summed E-state index contributed by atoms with van der Waals surface area (Å²) in [7, 11) is 0. The lowest BCUT2D eigenvalue weighted by Gasteiger charge is -1.89. The number of nitrogens with zero attached hydrogens (tertiary/aromatic N) is 2. The topological polar surface area (TPSA) is 58.6 Å². The molecule has 11 heavy (non-hydrogen) atoms. The molecule has 0 unspecified atom stereocenters. The highest BCUT2D eigenvalue weighted by Crippen LogP contribution is 2.13. The van der Waals surface area contributed by atoms with E-state index in [4.69, 9.17) is 0 Å². The summed E-state index contributed by atoms with van der Waals surface area (Å²) >= 11 is 1.33. The molecular weight excluding hydrogens is 162 g/mol. The Hall–Kier alpha value is -1.23. The molecule has 1 N–H and O–H groups in total. The number of rotatable bonds is 0. The van der Waals surface area contributed by atoms with Crippen LogP contribution in [0.25, 0.3) is 10.2 Å². The predicted octanol–water partition coefficient (Wildman–Crippen LogP) is 0.688. The first kappa shape index (κ1) is 6.48. The average molecular weight is 167 g/mol. The minimum Gasteiger partial charge on any atom is -0.266 e. The van der Waals surface area contributed by atoms with Gasteiger partial charge in [0.05, 0.1) is 11.2 Å². The molecule has 0 atom stereocenters. The van der Waals surface area contributed by atoms with Gasteiger partial charge in [-0.05, 0) is 6.92 Å². The van der Waals surface area contributed by atoms with Crippen LogP contribution in [0.15, 0.2) is 10.3 Å². The third kappa shape index (κ3) is 0.848. The van der Waals surface area contributed by atoms with Gasteiger partial charge in [-0.25, -0.2) is 10.1 Å². The molecule has 0 aliphatic carbocycles. The number of hydrogen-bond acceptors (Lipinski definition) is 4. The molecule has 0 aliphatic heterocycles. The van der Waals surface area contributed by atoms with Gasteiger partial charge in [-0.1, -0.05) is 0 Å². The van der Waals surface area contributed by atoms with Gasteiger partial charge in [0, 0.05) is 0 Å². The number of aromatic nitrogens is 3. The van der Waals surface area contributed by atoms with Crippen LogP contribution >= 0.6 is 11.3 Å². The van der Waals surface area contributed by atoms with Gasteiger partial charge >= 0.3 is 0 Å². The summed E-state index contributed by atoms with van der Waals surface area (Å²) in [5.41, 5.74) is 2.96. The molecule has 0 bridgehead atoms. The molecule has 56 valence electrons. The minimum atomic E-state index is -0.159. The molecule has 0 fully saturated rings. The van der Waals surface area contributed by atoms with E-state index in [1.807, 2.05) is 6.92 Å². The zero-order valence-electron chi connectivity index (χ0n) is 5.79. The first-order chi connectivity index (χ1) is 5.29.